The van der Waals surface area contributed by atoms with Crippen molar-refractivity contribution in [1.29, 1.82) is 0 Å². The van der Waals surface area contributed by atoms with E-state index in [1.807, 2.05) is 16.7 Å². The molecule has 3 rings (SSSR count). The summed E-state index contributed by atoms with van der Waals surface area (Å²) >= 11 is 1.92. The fourth-order valence-electron chi connectivity index (χ4n) is 3.54. The molecule has 2 aliphatic rings. The smallest absolute Gasteiger partial charge is 0.253 e. The molecule has 1 unspecified atom stereocenters. The van der Waals surface area contributed by atoms with Crippen molar-refractivity contribution in [2.45, 2.75) is 54.9 Å². The van der Waals surface area contributed by atoms with Crippen molar-refractivity contribution in [2.24, 2.45) is 0 Å². The Balaban J connectivity index is 1.66. The van der Waals surface area contributed by atoms with Gasteiger partial charge in [0.2, 0.25) is 10.0 Å². The normalized spacial score (nSPS) is 22.1. The van der Waals surface area contributed by atoms with E-state index in [1.165, 1.54) is 4.31 Å². The van der Waals surface area contributed by atoms with E-state index in [2.05, 4.69) is 20.8 Å². The van der Waals surface area contributed by atoms with Crippen molar-refractivity contribution < 1.29 is 13.2 Å². The molecule has 1 aromatic carbocycles. The van der Waals surface area contributed by atoms with E-state index < -0.39 is 10.0 Å². The third kappa shape index (κ3) is 4.43. The van der Waals surface area contributed by atoms with Crippen LogP contribution < -0.4 is 0 Å². The van der Waals surface area contributed by atoms with Crippen molar-refractivity contribution in [3.05, 3.63) is 29.8 Å². The quantitative estimate of drug-likeness (QED) is 0.784. The molecule has 0 aliphatic carbocycles. The topological polar surface area (TPSA) is 57.7 Å². The number of carbonyl (C=O) groups is 1. The van der Waals surface area contributed by atoms with Crippen LogP contribution in [0.3, 0.4) is 0 Å². The molecule has 1 aromatic rings. The highest BCUT2D eigenvalue weighted by Crippen LogP contribution is 2.33. The molecular weight excluding hydrogens is 368 g/mol. The van der Waals surface area contributed by atoms with Gasteiger partial charge in [0.05, 0.1) is 4.90 Å². The number of hydrogen-bond acceptors (Lipinski definition) is 4. The van der Waals surface area contributed by atoms with Crippen LogP contribution in [0.15, 0.2) is 29.2 Å². The molecule has 0 bridgehead atoms. The summed E-state index contributed by atoms with van der Waals surface area (Å²) in [5.74, 6) is -0.00729. The monoisotopic (exact) mass is 396 g/mol. The first-order chi connectivity index (χ1) is 12.2. The maximum atomic E-state index is 12.7. The van der Waals surface area contributed by atoms with E-state index in [0.717, 1.165) is 32.4 Å². The van der Waals surface area contributed by atoms with Gasteiger partial charge in [-0.2, -0.15) is 16.1 Å². The number of nitrogens with zero attached hydrogens (tertiary/aromatic N) is 2. The number of amides is 1. The molecule has 26 heavy (non-hydrogen) atoms. The number of rotatable bonds is 4. The lowest BCUT2D eigenvalue weighted by molar-refractivity contribution is 0.0793. The zero-order chi connectivity index (χ0) is 18.9. The Bertz CT molecular complexity index is 748. The van der Waals surface area contributed by atoms with Gasteiger partial charge in [-0.15, -0.1) is 0 Å². The zero-order valence-electron chi connectivity index (χ0n) is 15.8. The molecule has 0 spiro atoms. The second kappa shape index (κ2) is 7.52. The number of sulfonamides is 1. The van der Waals surface area contributed by atoms with Crippen molar-refractivity contribution in [3.8, 4) is 0 Å². The van der Waals surface area contributed by atoms with E-state index >= 15 is 0 Å². The van der Waals surface area contributed by atoms with Crippen LogP contribution in [0.2, 0.25) is 0 Å². The van der Waals surface area contributed by atoms with Crippen LogP contribution in [0.5, 0.6) is 0 Å². The summed E-state index contributed by atoms with van der Waals surface area (Å²) in [7, 11) is -3.42. The maximum absolute atomic E-state index is 12.7. The first-order valence-corrected chi connectivity index (χ1v) is 11.6. The van der Waals surface area contributed by atoms with Crippen LogP contribution in [-0.2, 0) is 10.0 Å². The molecule has 2 saturated heterocycles. The molecule has 1 amide bonds. The van der Waals surface area contributed by atoms with Crippen LogP contribution in [0, 0.1) is 0 Å². The molecule has 2 aliphatic heterocycles. The Morgan fingerprint density at radius 3 is 2.27 bits per heavy atom. The van der Waals surface area contributed by atoms with Gasteiger partial charge in [-0.25, -0.2) is 8.42 Å². The summed E-state index contributed by atoms with van der Waals surface area (Å²) in [5, 5.41) is 0.466. The number of thioether (sulfide) groups is 1. The lowest BCUT2D eigenvalue weighted by Crippen LogP contribution is -2.30. The van der Waals surface area contributed by atoms with Gasteiger partial charge in [-0.3, -0.25) is 4.79 Å². The largest absolute Gasteiger partial charge is 0.337 e. The van der Waals surface area contributed by atoms with Gasteiger partial charge < -0.3 is 4.90 Å². The third-order valence-electron chi connectivity index (χ3n) is 4.76. The minimum Gasteiger partial charge on any atom is -0.337 e. The molecule has 5 nitrogen and oxygen atoms in total. The van der Waals surface area contributed by atoms with Crippen molar-refractivity contribution in [2.75, 3.05) is 26.2 Å². The molecule has 2 heterocycles. The van der Waals surface area contributed by atoms with Gasteiger partial charge in [-0.1, -0.05) is 20.8 Å². The standard InChI is InChI=1S/C19H28N2O3S2/c1-19(2,3)25-16-10-13-20(14-16)18(22)15-6-8-17(9-7-15)26(23,24)21-11-4-5-12-21/h6-9,16H,4-5,10-14H2,1-3H3. The van der Waals surface area contributed by atoms with E-state index in [9.17, 15) is 13.2 Å². The molecule has 7 heteroatoms. The molecule has 0 N–H and O–H groups in total. The summed E-state index contributed by atoms with van der Waals surface area (Å²) < 4.78 is 26.9. The Labute approximate surface area is 161 Å². The SMILES string of the molecule is CC(C)(C)SC1CCN(C(=O)c2ccc(S(=O)(=O)N3CCCC3)cc2)C1. The van der Waals surface area contributed by atoms with Crippen LogP contribution in [0.1, 0.15) is 50.4 Å². The first kappa shape index (κ1) is 19.7. The first-order valence-electron chi connectivity index (χ1n) is 9.24. The lowest BCUT2D eigenvalue weighted by atomic mass is 10.2. The van der Waals surface area contributed by atoms with Crippen LogP contribution in [0.4, 0.5) is 0 Å². The van der Waals surface area contributed by atoms with Crippen LogP contribution in [-0.4, -0.2) is 59.7 Å². The minimum absolute atomic E-state index is 0.00729. The highest BCUT2D eigenvalue weighted by molar-refractivity contribution is 8.01. The summed E-state index contributed by atoms with van der Waals surface area (Å²) in [6.07, 6.45) is 2.84. The lowest BCUT2D eigenvalue weighted by Gasteiger charge is -2.23. The van der Waals surface area contributed by atoms with Crippen molar-refractivity contribution in [1.82, 2.24) is 9.21 Å². The zero-order valence-corrected chi connectivity index (χ0v) is 17.4. The van der Waals surface area contributed by atoms with E-state index in [0.29, 0.717) is 23.9 Å². The Morgan fingerprint density at radius 1 is 1.08 bits per heavy atom. The van der Waals surface area contributed by atoms with Crippen LogP contribution >= 0.6 is 11.8 Å². The van der Waals surface area contributed by atoms with E-state index in [4.69, 9.17) is 0 Å². The summed E-state index contributed by atoms with van der Waals surface area (Å²) in [5.41, 5.74) is 0.562. The minimum atomic E-state index is -3.42. The number of hydrogen-bond donors (Lipinski definition) is 0. The van der Waals surface area contributed by atoms with E-state index in [1.54, 1.807) is 24.3 Å². The Hall–Kier alpha value is -1.05. The van der Waals surface area contributed by atoms with Gasteiger partial charge in [0.25, 0.3) is 5.91 Å². The third-order valence-corrected chi connectivity index (χ3v) is 8.09. The summed E-state index contributed by atoms with van der Waals surface area (Å²) in [4.78, 5) is 14.9. The highest BCUT2D eigenvalue weighted by Gasteiger charge is 2.31. The van der Waals surface area contributed by atoms with Crippen molar-refractivity contribution in [3.63, 3.8) is 0 Å². The molecule has 0 saturated carbocycles. The predicted octanol–water partition coefficient (Wildman–Crippen LogP) is 3.22. The van der Waals surface area contributed by atoms with Crippen LogP contribution in [0.25, 0.3) is 0 Å². The van der Waals surface area contributed by atoms with Gasteiger partial charge in [0.1, 0.15) is 0 Å². The van der Waals surface area contributed by atoms with Gasteiger partial charge >= 0.3 is 0 Å². The highest BCUT2D eigenvalue weighted by atomic mass is 32.2. The number of likely N-dealkylation sites (tertiary alicyclic amines) is 1. The average molecular weight is 397 g/mol. The molecular formula is C19H28N2O3S2. The fourth-order valence-corrected chi connectivity index (χ4v) is 6.53. The van der Waals surface area contributed by atoms with Gasteiger partial charge in [0.15, 0.2) is 0 Å². The molecule has 1 atom stereocenters. The van der Waals surface area contributed by atoms with E-state index in [-0.39, 0.29) is 15.5 Å². The summed E-state index contributed by atoms with van der Waals surface area (Å²) in [6, 6.07) is 6.43. The average Bonchev–Trinajstić information content (AvgIpc) is 3.24. The Kier molecular flexibility index (Phi) is 5.70. The van der Waals surface area contributed by atoms with Gasteiger partial charge in [0, 0.05) is 41.7 Å². The second-order valence-corrected chi connectivity index (χ2v) is 12.1. The molecule has 0 aromatic heterocycles. The number of carbonyl (C=O) groups excluding carboxylic acids is 1. The molecule has 144 valence electrons. The molecule has 2 fully saturated rings. The predicted molar refractivity (Wildman–Crippen MR) is 106 cm³/mol. The molecule has 0 radical (unpaired) electrons. The second-order valence-electron chi connectivity index (χ2n) is 8.03. The number of benzene rings is 1. The maximum Gasteiger partial charge on any atom is 0.253 e. The summed E-state index contributed by atoms with van der Waals surface area (Å²) in [6.45, 7) is 9.29. The van der Waals surface area contributed by atoms with Gasteiger partial charge in [-0.05, 0) is 43.5 Å². The van der Waals surface area contributed by atoms with Crippen molar-refractivity contribution >= 4 is 27.7 Å². The fraction of sp³-hybridized carbons (Fsp3) is 0.632. The Morgan fingerprint density at radius 2 is 1.69 bits per heavy atom.